The number of carbonyl (C=O) groups excluding carboxylic acids is 2. The molecule has 2 saturated carbocycles. The van der Waals surface area contributed by atoms with E-state index in [9.17, 15) is 14.7 Å². The van der Waals surface area contributed by atoms with E-state index in [-0.39, 0.29) is 46.9 Å². The van der Waals surface area contributed by atoms with Crippen LogP contribution >= 0.6 is 0 Å². The summed E-state index contributed by atoms with van der Waals surface area (Å²) in [5.41, 5.74) is 0.620. The molecular formula is C29H45N3O5. The number of ether oxygens (including phenoxy) is 2. The van der Waals surface area contributed by atoms with Crippen molar-refractivity contribution in [1.29, 1.82) is 0 Å². The average molecular weight is 516 g/mol. The molecule has 206 valence electrons. The quantitative estimate of drug-likeness (QED) is 0.492. The number of aliphatic hydroxyl groups is 1. The number of carbonyl (C=O) groups is 2. The third kappa shape index (κ3) is 6.29. The molecule has 4 rings (SSSR count). The largest absolute Gasteiger partial charge is 0.497 e. The molecule has 2 amide bonds. The van der Waals surface area contributed by atoms with E-state index >= 15 is 0 Å². The van der Waals surface area contributed by atoms with Crippen LogP contribution in [0.1, 0.15) is 56.8 Å². The molecule has 1 heterocycles. The summed E-state index contributed by atoms with van der Waals surface area (Å²) in [6, 6.07) is 7.12. The normalized spacial score (nSPS) is 33.2. The van der Waals surface area contributed by atoms with E-state index in [4.69, 9.17) is 9.47 Å². The number of fused-ring (bicyclic) bond motifs is 1. The van der Waals surface area contributed by atoms with E-state index in [0.717, 1.165) is 58.5 Å². The molecule has 8 nitrogen and oxygen atoms in total. The molecule has 8 heteroatoms. The molecule has 7 atom stereocenters. The van der Waals surface area contributed by atoms with Gasteiger partial charge in [0.05, 0.1) is 26.4 Å². The Morgan fingerprint density at radius 1 is 1.19 bits per heavy atom. The van der Waals surface area contributed by atoms with E-state index in [2.05, 4.69) is 29.4 Å². The third-order valence-electron chi connectivity index (χ3n) is 9.44. The molecule has 3 fully saturated rings. The van der Waals surface area contributed by atoms with Crippen LogP contribution in [0.15, 0.2) is 24.3 Å². The standard InChI is InChI=1S/C29H45N3O5/c1-19(27(34)30-13-14-32-15-17-37-18-16-32)23-9-11-29(3)12-10-24(20(2)25(29)26(23)33)31-28(35)21-5-7-22(36-4)8-6-21/h5-8,19-20,23-26,33H,9-18H2,1-4H3,(H,30,34)(H,31,35). The first-order valence-electron chi connectivity index (χ1n) is 13.9. The minimum Gasteiger partial charge on any atom is -0.497 e. The van der Waals surface area contributed by atoms with Crippen LogP contribution in [0.4, 0.5) is 0 Å². The highest BCUT2D eigenvalue weighted by atomic mass is 16.5. The maximum absolute atomic E-state index is 13.0. The Labute approximate surface area is 221 Å². The number of benzene rings is 1. The Bertz CT molecular complexity index is 919. The first kappa shape index (κ1) is 27.9. The lowest BCUT2D eigenvalue weighted by molar-refractivity contribution is -0.142. The van der Waals surface area contributed by atoms with Gasteiger partial charge in [-0.25, -0.2) is 0 Å². The van der Waals surface area contributed by atoms with Crippen molar-refractivity contribution in [1.82, 2.24) is 15.5 Å². The second-order valence-electron chi connectivity index (χ2n) is 11.6. The van der Waals surface area contributed by atoms with Crippen LogP contribution in [-0.2, 0) is 9.53 Å². The Morgan fingerprint density at radius 2 is 1.86 bits per heavy atom. The van der Waals surface area contributed by atoms with Crippen molar-refractivity contribution in [3.05, 3.63) is 29.8 Å². The molecule has 0 radical (unpaired) electrons. The predicted octanol–water partition coefficient (Wildman–Crippen LogP) is 2.70. The topological polar surface area (TPSA) is 100 Å². The number of methoxy groups -OCH3 is 1. The summed E-state index contributed by atoms with van der Waals surface area (Å²) in [6.45, 7) is 11.1. The summed E-state index contributed by atoms with van der Waals surface area (Å²) < 4.78 is 10.6. The lowest BCUT2D eigenvalue weighted by Crippen LogP contribution is -2.58. The van der Waals surface area contributed by atoms with E-state index in [1.165, 1.54) is 0 Å². The summed E-state index contributed by atoms with van der Waals surface area (Å²) >= 11 is 0. The Hall–Kier alpha value is -2.16. The zero-order chi connectivity index (χ0) is 26.6. The van der Waals surface area contributed by atoms with E-state index in [1.54, 1.807) is 31.4 Å². The second kappa shape index (κ2) is 12.1. The molecule has 1 saturated heterocycles. The molecule has 0 aromatic heterocycles. The molecule has 3 aliphatic rings. The van der Waals surface area contributed by atoms with Crippen LogP contribution in [0.5, 0.6) is 5.75 Å². The molecule has 3 N–H and O–H groups in total. The van der Waals surface area contributed by atoms with Crippen molar-refractivity contribution in [2.24, 2.45) is 29.1 Å². The minimum atomic E-state index is -0.575. The number of hydrogen-bond donors (Lipinski definition) is 3. The van der Waals surface area contributed by atoms with Gasteiger partial charge in [0, 0.05) is 43.7 Å². The van der Waals surface area contributed by atoms with Crippen molar-refractivity contribution < 1.29 is 24.2 Å². The van der Waals surface area contributed by atoms with E-state index < -0.39 is 6.10 Å². The molecule has 0 bridgehead atoms. The van der Waals surface area contributed by atoms with Crippen LogP contribution in [0.25, 0.3) is 0 Å². The van der Waals surface area contributed by atoms with Crippen molar-refractivity contribution >= 4 is 11.8 Å². The van der Waals surface area contributed by atoms with Crippen molar-refractivity contribution in [3.8, 4) is 5.75 Å². The van der Waals surface area contributed by atoms with Crippen molar-refractivity contribution in [3.63, 3.8) is 0 Å². The number of nitrogens with zero attached hydrogens (tertiary/aromatic N) is 1. The summed E-state index contributed by atoms with van der Waals surface area (Å²) in [5.74, 6) is 0.437. The number of hydrogen-bond acceptors (Lipinski definition) is 6. The molecule has 1 aromatic carbocycles. The van der Waals surface area contributed by atoms with Crippen LogP contribution in [0.2, 0.25) is 0 Å². The van der Waals surface area contributed by atoms with E-state index in [0.29, 0.717) is 17.9 Å². The number of nitrogens with one attached hydrogen (secondary N) is 2. The Balaban J connectivity index is 1.35. The number of rotatable bonds is 8. The van der Waals surface area contributed by atoms with Crippen LogP contribution in [-0.4, -0.2) is 80.5 Å². The predicted molar refractivity (Wildman–Crippen MR) is 142 cm³/mol. The zero-order valence-electron chi connectivity index (χ0n) is 22.9. The van der Waals surface area contributed by atoms with Gasteiger partial charge in [0.2, 0.25) is 5.91 Å². The number of amides is 2. The summed E-state index contributed by atoms with van der Waals surface area (Å²) in [5, 5.41) is 18.0. The van der Waals surface area contributed by atoms with Gasteiger partial charge in [0.1, 0.15) is 5.75 Å². The van der Waals surface area contributed by atoms with Crippen molar-refractivity contribution in [2.75, 3.05) is 46.5 Å². The number of aliphatic hydroxyl groups excluding tert-OH is 1. The molecule has 7 unspecified atom stereocenters. The molecule has 1 aliphatic heterocycles. The van der Waals surface area contributed by atoms with Gasteiger partial charge in [-0.1, -0.05) is 20.8 Å². The lowest BCUT2D eigenvalue weighted by Gasteiger charge is -2.56. The van der Waals surface area contributed by atoms with Gasteiger partial charge in [0.25, 0.3) is 5.91 Å². The summed E-state index contributed by atoms with van der Waals surface area (Å²) in [4.78, 5) is 28.3. The molecule has 0 spiro atoms. The highest BCUT2D eigenvalue weighted by Crippen LogP contribution is 2.55. The SMILES string of the molecule is COc1ccc(C(=O)NC2CCC3(C)CCC(C(C)C(=O)NCCN4CCOCC4)C(O)C3C2C)cc1. The minimum absolute atomic E-state index is 0.0151. The molecule has 1 aromatic rings. The van der Waals surface area contributed by atoms with Crippen LogP contribution in [0.3, 0.4) is 0 Å². The first-order valence-corrected chi connectivity index (χ1v) is 13.9. The fourth-order valence-corrected chi connectivity index (χ4v) is 7.01. The van der Waals surface area contributed by atoms with Crippen LogP contribution < -0.4 is 15.4 Å². The molecule has 37 heavy (non-hydrogen) atoms. The monoisotopic (exact) mass is 515 g/mol. The maximum Gasteiger partial charge on any atom is 0.251 e. The Kier molecular flexibility index (Phi) is 9.14. The Morgan fingerprint density at radius 3 is 2.54 bits per heavy atom. The van der Waals surface area contributed by atoms with Gasteiger partial charge in [-0.3, -0.25) is 14.5 Å². The first-order chi connectivity index (χ1) is 17.7. The number of morpholine rings is 1. The summed E-state index contributed by atoms with van der Waals surface area (Å²) in [6.07, 6.45) is 3.12. The highest BCUT2D eigenvalue weighted by molar-refractivity contribution is 5.94. The van der Waals surface area contributed by atoms with Gasteiger partial charge in [0.15, 0.2) is 0 Å². The fraction of sp³-hybridized carbons (Fsp3) is 0.724. The van der Waals surface area contributed by atoms with Gasteiger partial charge in [-0.05, 0) is 73.1 Å². The van der Waals surface area contributed by atoms with Gasteiger partial charge < -0.3 is 25.2 Å². The second-order valence-corrected chi connectivity index (χ2v) is 11.6. The van der Waals surface area contributed by atoms with Gasteiger partial charge in [-0.15, -0.1) is 0 Å². The third-order valence-corrected chi connectivity index (χ3v) is 9.44. The van der Waals surface area contributed by atoms with Crippen LogP contribution in [0, 0.1) is 29.1 Å². The smallest absolute Gasteiger partial charge is 0.251 e. The molecular weight excluding hydrogens is 470 g/mol. The fourth-order valence-electron chi connectivity index (χ4n) is 7.01. The molecule has 2 aliphatic carbocycles. The van der Waals surface area contributed by atoms with Crippen molar-refractivity contribution in [2.45, 2.75) is 58.6 Å². The summed E-state index contributed by atoms with van der Waals surface area (Å²) in [7, 11) is 1.61. The average Bonchev–Trinajstić information content (AvgIpc) is 2.90. The van der Waals surface area contributed by atoms with Gasteiger partial charge in [-0.2, -0.15) is 0 Å². The van der Waals surface area contributed by atoms with Gasteiger partial charge >= 0.3 is 0 Å². The highest BCUT2D eigenvalue weighted by Gasteiger charge is 2.53. The van der Waals surface area contributed by atoms with E-state index in [1.807, 2.05) is 6.92 Å². The lowest BCUT2D eigenvalue weighted by atomic mass is 9.51. The zero-order valence-corrected chi connectivity index (χ0v) is 22.9. The maximum atomic E-state index is 13.0.